The minimum atomic E-state index is -3.43. The summed E-state index contributed by atoms with van der Waals surface area (Å²) >= 11 is 1.40. The van der Waals surface area contributed by atoms with E-state index in [-0.39, 0.29) is 16.6 Å². The highest BCUT2D eigenvalue weighted by molar-refractivity contribution is 7.91. The Kier molecular flexibility index (Phi) is 6.25. The molecule has 0 radical (unpaired) electrons. The van der Waals surface area contributed by atoms with Crippen molar-refractivity contribution in [3.63, 3.8) is 0 Å². The number of fused-ring (bicyclic) bond motifs is 1. The van der Waals surface area contributed by atoms with Crippen molar-refractivity contribution in [3.8, 4) is 5.75 Å². The number of methoxy groups -OCH3 is 1. The van der Waals surface area contributed by atoms with Gasteiger partial charge in [-0.25, -0.2) is 13.4 Å². The van der Waals surface area contributed by atoms with Crippen LogP contribution in [0.1, 0.15) is 22.8 Å². The van der Waals surface area contributed by atoms with Gasteiger partial charge in [0, 0.05) is 11.6 Å². The Bertz CT molecular complexity index is 1370. The quantitative estimate of drug-likeness (QED) is 0.385. The van der Waals surface area contributed by atoms with Crippen LogP contribution in [0.4, 0.5) is 5.13 Å². The highest BCUT2D eigenvalue weighted by Gasteiger charge is 2.23. The van der Waals surface area contributed by atoms with Gasteiger partial charge >= 0.3 is 0 Å². The Hall–Kier alpha value is -3.23. The number of carbonyl (C=O) groups excluding carboxylic acids is 1. The van der Waals surface area contributed by atoms with Crippen molar-refractivity contribution in [2.24, 2.45) is 0 Å². The molecular weight excluding hydrogens is 444 g/mol. The zero-order chi connectivity index (χ0) is 22.7. The van der Waals surface area contributed by atoms with Crippen molar-refractivity contribution in [1.29, 1.82) is 0 Å². The Labute approximate surface area is 191 Å². The molecule has 0 atom stereocenters. The fourth-order valence-electron chi connectivity index (χ4n) is 3.27. The largest absolute Gasteiger partial charge is 0.497 e. The van der Waals surface area contributed by atoms with Crippen LogP contribution in [0.2, 0.25) is 0 Å². The van der Waals surface area contributed by atoms with E-state index < -0.39 is 9.84 Å². The number of amides is 1. The first-order chi connectivity index (χ1) is 15.4. The number of carbonyl (C=O) groups is 1. The lowest BCUT2D eigenvalue weighted by Gasteiger charge is -2.20. The summed E-state index contributed by atoms with van der Waals surface area (Å²) in [6.07, 6.45) is 0. The number of thiazole rings is 1. The maximum atomic E-state index is 13.6. The summed E-state index contributed by atoms with van der Waals surface area (Å²) in [6.45, 7) is 1.89. The predicted octanol–water partition coefficient (Wildman–Crippen LogP) is 4.95. The molecule has 0 aliphatic heterocycles. The molecule has 0 aliphatic rings. The lowest BCUT2D eigenvalue weighted by atomic mass is 10.1. The molecule has 32 heavy (non-hydrogen) atoms. The molecular formula is C24H22N2O4S2. The monoisotopic (exact) mass is 466 g/mol. The van der Waals surface area contributed by atoms with Crippen molar-refractivity contribution in [1.82, 2.24) is 4.98 Å². The summed E-state index contributed by atoms with van der Waals surface area (Å²) in [5.74, 6) is 0.346. The number of nitrogens with zero attached hydrogens (tertiary/aromatic N) is 2. The number of aromatic nitrogens is 1. The highest BCUT2D eigenvalue weighted by atomic mass is 32.2. The van der Waals surface area contributed by atoms with Crippen LogP contribution in [0.5, 0.6) is 5.75 Å². The molecule has 1 heterocycles. The Morgan fingerprint density at radius 2 is 1.81 bits per heavy atom. The Balaban J connectivity index is 1.78. The fraction of sp³-hybridized carbons (Fsp3) is 0.167. The first-order valence-electron chi connectivity index (χ1n) is 10.0. The molecule has 0 saturated heterocycles. The summed E-state index contributed by atoms with van der Waals surface area (Å²) in [5, 5.41) is 0.533. The zero-order valence-electron chi connectivity index (χ0n) is 17.7. The van der Waals surface area contributed by atoms with Gasteiger partial charge < -0.3 is 4.74 Å². The van der Waals surface area contributed by atoms with Gasteiger partial charge in [0.1, 0.15) is 5.75 Å². The number of benzene rings is 3. The smallest absolute Gasteiger partial charge is 0.260 e. The van der Waals surface area contributed by atoms with E-state index in [1.807, 2.05) is 48.5 Å². The third-order valence-corrected chi connectivity index (χ3v) is 7.85. The third kappa shape index (κ3) is 4.51. The van der Waals surface area contributed by atoms with Gasteiger partial charge in [0.2, 0.25) is 0 Å². The first-order valence-corrected chi connectivity index (χ1v) is 12.5. The van der Waals surface area contributed by atoms with Gasteiger partial charge in [-0.3, -0.25) is 9.69 Å². The standard InChI is InChI=1S/C24H22N2O4S2/c1-3-32(28,29)20-11-7-10-18(14-20)23(27)26(16-17-8-5-4-6-9-17)24-25-21-15-19(30-2)12-13-22(21)31-24/h4-15H,3,16H2,1-2H3. The van der Waals surface area contributed by atoms with Crippen LogP contribution >= 0.6 is 11.3 Å². The molecule has 0 spiro atoms. The van der Waals surface area contributed by atoms with Crippen LogP contribution in [0.25, 0.3) is 10.2 Å². The molecule has 0 bridgehead atoms. The zero-order valence-corrected chi connectivity index (χ0v) is 19.3. The average Bonchev–Trinajstić information content (AvgIpc) is 3.25. The lowest BCUT2D eigenvalue weighted by molar-refractivity contribution is 0.0985. The minimum Gasteiger partial charge on any atom is -0.497 e. The number of sulfone groups is 1. The second-order valence-corrected chi connectivity index (χ2v) is 10.4. The van der Waals surface area contributed by atoms with Crippen molar-refractivity contribution in [2.45, 2.75) is 18.4 Å². The number of rotatable bonds is 7. The van der Waals surface area contributed by atoms with Crippen LogP contribution in [-0.4, -0.2) is 32.2 Å². The van der Waals surface area contributed by atoms with E-state index in [0.29, 0.717) is 23.0 Å². The van der Waals surface area contributed by atoms with Crippen LogP contribution in [0.15, 0.2) is 77.7 Å². The molecule has 0 aliphatic carbocycles. The van der Waals surface area contributed by atoms with E-state index >= 15 is 0 Å². The van der Waals surface area contributed by atoms with Crippen LogP contribution in [-0.2, 0) is 16.4 Å². The van der Waals surface area contributed by atoms with Gasteiger partial charge in [-0.05, 0) is 35.9 Å². The Morgan fingerprint density at radius 3 is 2.53 bits per heavy atom. The molecule has 164 valence electrons. The van der Waals surface area contributed by atoms with Crippen molar-refractivity contribution in [3.05, 3.63) is 83.9 Å². The van der Waals surface area contributed by atoms with Gasteiger partial charge in [0.05, 0.1) is 34.5 Å². The van der Waals surface area contributed by atoms with Gasteiger partial charge in [-0.1, -0.05) is 54.7 Å². The van der Waals surface area contributed by atoms with Crippen molar-refractivity contribution in [2.75, 3.05) is 17.8 Å². The van der Waals surface area contributed by atoms with Crippen LogP contribution in [0.3, 0.4) is 0 Å². The maximum Gasteiger partial charge on any atom is 0.260 e. The minimum absolute atomic E-state index is 0.0297. The van der Waals surface area contributed by atoms with E-state index in [4.69, 9.17) is 4.74 Å². The number of hydrogen-bond acceptors (Lipinski definition) is 6. The predicted molar refractivity (Wildman–Crippen MR) is 127 cm³/mol. The molecule has 3 aromatic carbocycles. The molecule has 0 unspecified atom stereocenters. The van der Waals surface area contributed by atoms with Gasteiger partial charge in [0.15, 0.2) is 15.0 Å². The van der Waals surface area contributed by atoms with E-state index in [1.54, 1.807) is 31.1 Å². The average molecular weight is 467 g/mol. The van der Waals surface area contributed by atoms with Gasteiger partial charge in [0.25, 0.3) is 5.91 Å². The van der Waals surface area contributed by atoms with E-state index in [0.717, 1.165) is 15.8 Å². The van der Waals surface area contributed by atoms with Crippen molar-refractivity contribution >= 4 is 42.4 Å². The summed E-state index contributed by atoms with van der Waals surface area (Å²) < 4.78 is 30.9. The summed E-state index contributed by atoms with van der Waals surface area (Å²) in [5.41, 5.74) is 1.97. The molecule has 0 fully saturated rings. The third-order valence-electron chi connectivity index (χ3n) is 5.06. The summed E-state index contributed by atoms with van der Waals surface area (Å²) in [6, 6.07) is 21.4. The number of ether oxygens (including phenoxy) is 1. The van der Waals surface area contributed by atoms with Gasteiger partial charge in [-0.2, -0.15) is 0 Å². The molecule has 1 aromatic heterocycles. The molecule has 0 N–H and O–H groups in total. The molecule has 6 nitrogen and oxygen atoms in total. The summed E-state index contributed by atoms with van der Waals surface area (Å²) in [7, 11) is -1.84. The maximum absolute atomic E-state index is 13.6. The normalized spacial score (nSPS) is 11.4. The van der Waals surface area contributed by atoms with Crippen LogP contribution < -0.4 is 9.64 Å². The summed E-state index contributed by atoms with van der Waals surface area (Å²) in [4.78, 5) is 20.0. The topological polar surface area (TPSA) is 76.6 Å². The lowest BCUT2D eigenvalue weighted by Crippen LogP contribution is -2.30. The fourth-order valence-corrected chi connectivity index (χ4v) is 5.14. The van der Waals surface area contributed by atoms with Gasteiger partial charge in [-0.15, -0.1) is 0 Å². The van der Waals surface area contributed by atoms with E-state index in [2.05, 4.69) is 4.98 Å². The molecule has 0 saturated carbocycles. The molecule has 1 amide bonds. The van der Waals surface area contributed by atoms with Crippen molar-refractivity contribution < 1.29 is 17.9 Å². The first kappa shape index (κ1) is 22.0. The number of hydrogen-bond donors (Lipinski definition) is 0. The van der Waals surface area contributed by atoms with Crippen LogP contribution in [0, 0.1) is 0 Å². The highest BCUT2D eigenvalue weighted by Crippen LogP contribution is 2.33. The SMILES string of the molecule is CCS(=O)(=O)c1cccc(C(=O)N(Cc2ccccc2)c2nc3cc(OC)ccc3s2)c1. The van der Waals surface area contributed by atoms with E-state index in [1.165, 1.54) is 23.5 Å². The second-order valence-electron chi connectivity index (χ2n) is 7.14. The second kappa shape index (κ2) is 9.10. The number of anilines is 1. The molecule has 8 heteroatoms. The molecule has 4 aromatic rings. The van der Waals surface area contributed by atoms with E-state index in [9.17, 15) is 13.2 Å². The Morgan fingerprint density at radius 1 is 1.03 bits per heavy atom. The molecule has 4 rings (SSSR count).